The highest BCUT2D eigenvalue weighted by Crippen LogP contribution is 2.27. The van der Waals surface area contributed by atoms with Crippen molar-refractivity contribution in [1.82, 2.24) is 24.4 Å². The zero-order chi connectivity index (χ0) is 18.8. The van der Waals surface area contributed by atoms with Crippen molar-refractivity contribution in [3.05, 3.63) is 59.2 Å². The van der Waals surface area contributed by atoms with E-state index in [1.54, 1.807) is 11.8 Å². The van der Waals surface area contributed by atoms with Gasteiger partial charge in [-0.2, -0.15) is 9.36 Å². The Morgan fingerprint density at radius 1 is 1.11 bits per heavy atom. The molecule has 0 aliphatic heterocycles. The van der Waals surface area contributed by atoms with Gasteiger partial charge in [-0.1, -0.05) is 28.9 Å². The van der Waals surface area contributed by atoms with Crippen LogP contribution in [0.15, 0.2) is 48.5 Å². The van der Waals surface area contributed by atoms with Crippen molar-refractivity contribution in [1.29, 1.82) is 0 Å². The van der Waals surface area contributed by atoms with Gasteiger partial charge in [0.2, 0.25) is 5.13 Å². The second-order valence-corrected chi connectivity index (χ2v) is 6.82. The molecule has 0 fully saturated rings. The number of para-hydroxylation sites is 1. The SMILES string of the molecule is COc1ccc(Nc2nc(-c3nnn(-c4ccccc4Cl)c3C)ns2)cc1. The Hall–Kier alpha value is -2.97. The first-order valence-corrected chi connectivity index (χ1v) is 9.23. The third kappa shape index (κ3) is 3.49. The molecular formula is C18H15ClN6OS. The molecule has 0 aliphatic rings. The normalized spacial score (nSPS) is 10.8. The number of rotatable bonds is 5. The molecule has 4 aromatic rings. The summed E-state index contributed by atoms with van der Waals surface area (Å²) in [4.78, 5) is 4.52. The van der Waals surface area contributed by atoms with Gasteiger partial charge in [0.05, 0.1) is 23.5 Å². The number of anilines is 2. The smallest absolute Gasteiger partial charge is 0.207 e. The molecule has 0 amide bonds. The van der Waals surface area contributed by atoms with E-state index in [0.717, 1.165) is 22.8 Å². The molecule has 7 nitrogen and oxygen atoms in total. The number of hydrogen-bond donors (Lipinski definition) is 1. The number of halogens is 1. The van der Waals surface area contributed by atoms with E-state index in [2.05, 4.69) is 25.0 Å². The van der Waals surface area contributed by atoms with E-state index in [1.807, 2.05) is 55.5 Å². The molecule has 0 bridgehead atoms. The first kappa shape index (κ1) is 17.4. The van der Waals surface area contributed by atoms with Gasteiger partial charge < -0.3 is 10.1 Å². The lowest BCUT2D eigenvalue weighted by Crippen LogP contribution is -1.99. The van der Waals surface area contributed by atoms with Gasteiger partial charge in [0.1, 0.15) is 5.75 Å². The standard InChI is InChI=1S/C18H15ClN6OS/c1-11-16(22-24-25(11)15-6-4-3-5-14(15)19)17-21-18(27-23-17)20-12-7-9-13(26-2)10-8-12/h3-10H,1-2H3,(H,20,21,23). The van der Waals surface area contributed by atoms with Crippen molar-refractivity contribution in [3.8, 4) is 23.0 Å². The maximum atomic E-state index is 6.27. The van der Waals surface area contributed by atoms with Crippen LogP contribution in [-0.2, 0) is 0 Å². The summed E-state index contributed by atoms with van der Waals surface area (Å²) in [5.41, 5.74) is 3.10. The summed E-state index contributed by atoms with van der Waals surface area (Å²) >= 11 is 7.52. The van der Waals surface area contributed by atoms with Crippen molar-refractivity contribution in [2.75, 3.05) is 12.4 Å². The molecule has 0 saturated carbocycles. The number of ether oxygens (including phenoxy) is 1. The molecule has 2 heterocycles. The topological polar surface area (TPSA) is 77.8 Å². The Kier molecular flexibility index (Phi) is 4.74. The third-order valence-corrected chi connectivity index (χ3v) is 4.90. The molecule has 27 heavy (non-hydrogen) atoms. The van der Waals surface area contributed by atoms with Crippen LogP contribution in [-0.4, -0.2) is 31.5 Å². The number of hydrogen-bond acceptors (Lipinski definition) is 7. The summed E-state index contributed by atoms with van der Waals surface area (Å²) in [5.74, 6) is 1.32. The summed E-state index contributed by atoms with van der Waals surface area (Å²) < 4.78 is 11.3. The van der Waals surface area contributed by atoms with E-state index >= 15 is 0 Å². The minimum Gasteiger partial charge on any atom is -0.497 e. The maximum absolute atomic E-state index is 6.27. The zero-order valence-electron chi connectivity index (χ0n) is 14.5. The second kappa shape index (κ2) is 7.34. The van der Waals surface area contributed by atoms with E-state index < -0.39 is 0 Å². The number of nitrogens with one attached hydrogen (secondary N) is 1. The fraction of sp³-hybridized carbons (Fsp3) is 0.111. The van der Waals surface area contributed by atoms with E-state index in [9.17, 15) is 0 Å². The highest BCUT2D eigenvalue weighted by molar-refractivity contribution is 7.09. The minimum atomic E-state index is 0.520. The lowest BCUT2D eigenvalue weighted by atomic mass is 10.3. The summed E-state index contributed by atoms with van der Waals surface area (Å²) in [7, 11) is 1.64. The molecule has 4 rings (SSSR count). The van der Waals surface area contributed by atoms with Crippen molar-refractivity contribution in [2.45, 2.75) is 6.92 Å². The predicted molar refractivity (Wildman–Crippen MR) is 106 cm³/mol. The lowest BCUT2D eigenvalue weighted by molar-refractivity contribution is 0.415. The van der Waals surface area contributed by atoms with E-state index in [-0.39, 0.29) is 0 Å². The van der Waals surface area contributed by atoms with Crippen LogP contribution in [0.5, 0.6) is 5.75 Å². The summed E-state index contributed by atoms with van der Waals surface area (Å²) in [6.07, 6.45) is 0. The van der Waals surface area contributed by atoms with Crippen LogP contribution >= 0.6 is 23.1 Å². The first-order chi connectivity index (χ1) is 13.2. The Morgan fingerprint density at radius 2 is 1.89 bits per heavy atom. The highest BCUT2D eigenvalue weighted by atomic mass is 35.5. The molecule has 2 aromatic heterocycles. The Balaban J connectivity index is 1.59. The second-order valence-electron chi connectivity index (χ2n) is 5.66. The van der Waals surface area contributed by atoms with Gasteiger partial charge in [-0.3, -0.25) is 0 Å². The van der Waals surface area contributed by atoms with Crippen molar-refractivity contribution < 1.29 is 4.74 Å². The van der Waals surface area contributed by atoms with E-state index in [4.69, 9.17) is 16.3 Å². The first-order valence-electron chi connectivity index (χ1n) is 8.08. The monoisotopic (exact) mass is 398 g/mol. The molecule has 9 heteroatoms. The average Bonchev–Trinajstić information content (AvgIpc) is 3.29. The van der Waals surface area contributed by atoms with Gasteiger partial charge in [-0.25, -0.2) is 4.68 Å². The van der Waals surface area contributed by atoms with Crippen LogP contribution in [0.1, 0.15) is 5.69 Å². The summed E-state index contributed by atoms with van der Waals surface area (Å²) in [5, 5.41) is 12.9. The Labute approximate surface area is 164 Å². The fourth-order valence-electron chi connectivity index (χ4n) is 2.56. The Bertz CT molecular complexity index is 1080. The molecule has 1 N–H and O–H groups in total. The highest BCUT2D eigenvalue weighted by Gasteiger charge is 2.17. The zero-order valence-corrected chi connectivity index (χ0v) is 16.1. The van der Waals surface area contributed by atoms with Crippen LogP contribution in [0.3, 0.4) is 0 Å². The van der Waals surface area contributed by atoms with E-state index in [1.165, 1.54) is 11.5 Å². The van der Waals surface area contributed by atoms with Crippen molar-refractivity contribution in [2.24, 2.45) is 0 Å². The third-order valence-electron chi connectivity index (χ3n) is 3.95. The minimum absolute atomic E-state index is 0.520. The fourth-order valence-corrected chi connectivity index (χ4v) is 3.36. The molecular weight excluding hydrogens is 384 g/mol. The predicted octanol–water partition coefficient (Wildman–Crippen LogP) is 4.50. The van der Waals surface area contributed by atoms with Crippen LogP contribution in [0.25, 0.3) is 17.2 Å². The molecule has 0 aliphatic carbocycles. The van der Waals surface area contributed by atoms with Crippen molar-refractivity contribution in [3.63, 3.8) is 0 Å². The van der Waals surface area contributed by atoms with Gasteiger partial charge in [0, 0.05) is 17.2 Å². The molecule has 2 aromatic carbocycles. The maximum Gasteiger partial charge on any atom is 0.207 e. The number of benzene rings is 2. The summed E-state index contributed by atoms with van der Waals surface area (Å²) in [6, 6.07) is 15.1. The van der Waals surface area contributed by atoms with Gasteiger partial charge in [-0.15, -0.1) is 5.10 Å². The van der Waals surface area contributed by atoms with Crippen molar-refractivity contribution >= 4 is 34.0 Å². The summed E-state index contributed by atoms with van der Waals surface area (Å²) in [6.45, 7) is 1.91. The van der Waals surface area contributed by atoms with Crippen LogP contribution in [0.4, 0.5) is 10.8 Å². The average molecular weight is 399 g/mol. The van der Waals surface area contributed by atoms with Crippen LogP contribution < -0.4 is 10.1 Å². The number of nitrogens with zero attached hydrogens (tertiary/aromatic N) is 5. The molecule has 0 atom stereocenters. The molecule has 136 valence electrons. The molecule has 0 saturated heterocycles. The molecule has 0 spiro atoms. The van der Waals surface area contributed by atoms with Crippen LogP contribution in [0, 0.1) is 6.92 Å². The number of aromatic nitrogens is 5. The quantitative estimate of drug-likeness (QED) is 0.533. The molecule has 0 unspecified atom stereocenters. The number of methoxy groups -OCH3 is 1. The lowest BCUT2D eigenvalue weighted by Gasteiger charge is -2.05. The van der Waals surface area contributed by atoms with Gasteiger partial charge in [-0.05, 0) is 43.3 Å². The largest absolute Gasteiger partial charge is 0.497 e. The van der Waals surface area contributed by atoms with Gasteiger partial charge >= 0.3 is 0 Å². The Morgan fingerprint density at radius 3 is 2.63 bits per heavy atom. The molecule has 0 radical (unpaired) electrons. The van der Waals surface area contributed by atoms with E-state index in [0.29, 0.717) is 21.7 Å². The van der Waals surface area contributed by atoms with Crippen LogP contribution in [0.2, 0.25) is 5.02 Å². The van der Waals surface area contributed by atoms with Gasteiger partial charge in [0.15, 0.2) is 11.5 Å². The van der Waals surface area contributed by atoms with Gasteiger partial charge in [0.25, 0.3) is 0 Å².